The highest BCUT2D eigenvalue weighted by atomic mass is 28.4. The van der Waals surface area contributed by atoms with Gasteiger partial charge in [-0.3, -0.25) is 14.4 Å². The lowest BCUT2D eigenvalue weighted by Crippen LogP contribution is -2.81. The fraction of sp³-hybridized carbons (Fsp3) is 0.698. The minimum Gasteiger partial charge on any atom is -0.544 e. The number of Topliss-reactive ketones (excluding diaryl/α,β-unsaturated/α-hetero) is 1. The van der Waals surface area contributed by atoms with Crippen LogP contribution in [-0.4, -0.2) is 84.9 Å². The van der Waals surface area contributed by atoms with Crippen LogP contribution in [0.5, 0.6) is 0 Å². The fourth-order valence-corrected chi connectivity index (χ4v) is 15.4. The third kappa shape index (κ3) is 7.01. The zero-order valence-corrected chi connectivity index (χ0v) is 39.9. The maximum absolute atomic E-state index is 16.3. The normalized spacial score (nSPS) is 36.1. The summed E-state index contributed by atoms with van der Waals surface area (Å²) in [4.78, 5) is 43.0. The largest absolute Gasteiger partial charge is 0.544 e. The molecule has 5 aliphatic rings. The molecule has 2 bridgehead atoms. The molecule has 0 unspecified atom stereocenters. The molecule has 9 atom stereocenters. The number of hydrogen-bond acceptors (Lipinski definition) is 11. The summed E-state index contributed by atoms with van der Waals surface area (Å²) in [5, 5.41) is 0. The lowest BCUT2D eigenvalue weighted by atomic mass is 9.45. The van der Waals surface area contributed by atoms with E-state index in [4.69, 9.17) is 37.0 Å². The minimum absolute atomic E-state index is 0.0287. The van der Waals surface area contributed by atoms with Gasteiger partial charge in [0.15, 0.2) is 34.1 Å². The van der Waals surface area contributed by atoms with Gasteiger partial charge in [-0.05, 0) is 88.5 Å². The zero-order chi connectivity index (χ0) is 42.4. The van der Waals surface area contributed by atoms with E-state index in [0.717, 1.165) is 18.1 Å². The first kappa shape index (κ1) is 44.1. The second-order valence-electron chi connectivity index (χ2n) is 19.5. The third-order valence-corrected chi connectivity index (χ3v) is 19.7. The lowest BCUT2D eigenvalue weighted by Gasteiger charge is -2.67. The number of carbonyl (C=O) groups excluding carboxylic acids is 3. The molecule has 6 rings (SSSR count). The van der Waals surface area contributed by atoms with Crippen molar-refractivity contribution in [2.24, 2.45) is 16.7 Å². The molecule has 2 saturated carbocycles. The second-order valence-corrected chi connectivity index (χ2v) is 33.1. The summed E-state index contributed by atoms with van der Waals surface area (Å²) in [6.07, 6.45) is -1.37. The first-order valence-corrected chi connectivity index (χ1v) is 30.1. The molecule has 2 saturated heterocycles. The van der Waals surface area contributed by atoms with E-state index in [0.29, 0.717) is 28.9 Å². The molecule has 2 heterocycles. The van der Waals surface area contributed by atoms with Crippen molar-refractivity contribution in [3.05, 3.63) is 58.9 Å². The highest BCUT2D eigenvalue weighted by Crippen LogP contribution is 2.69. The van der Waals surface area contributed by atoms with Crippen LogP contribution >= 0.6 is 0 Å². The summed E-state index contributed by atoms with van der Waals surface area (Å²) in [6.45, 7) is 29.6. The number of benzene rings is 1. The van der Waals surface area contributed by atoms with Crippen molar-refractivity contribution in [1.82, 2.24) is 0 Å². The first-order chi connectivity index (χ1) is 26.3. The highest BCUT2D eigenvalue weighted by molar-refractivity contribution is 6.73. The van der Waals surface area contributed by atoms with Gasteiger partial charge in [0.25, 0.3) is 0 Å². The van der Waals surface area contributed by atoms with E-state index in [-0.39, 0.29) is 12.4 Å². The lowest BCUT2D eigenvalue weighted by molar-refractivity contribution is -0.350. The van der Waals surface area contributed by atoms with Gasteiger partial charge >= 0.3 is 17.9 Å². The molecule has 316 valence electrons. The monoisotopic (exact) mass is 842 g/mol. The Hall–Kier alpha value is -2.44. The summed E-state index contributed by atoms with van der Waals surface area (Å²) in [5.74, 6) is -3.62. The second kappa shape index (κ2) is 14.6. The maximum Gasteiger partial charge on any atom is 0.303 e. The smallest absolute Gasteiger partial charge is 0.303 e. The number of ether oxygens (including phenoxy) is 5. The predicted molar refractivity (Wildman–Crippen MR) is 223 cm³/mol. The van der Waals surface area contributed by atoms with E-state index >= 15 is 4.79 Å². The van der Waals surface area contributed by atoms with Crippen LogP contribution in [0.25, 0.3) is 0 Å². The van der Waals surface area contributed by atoms with Gasteiger partial charge in [-0.1, -0.05) is 65.0 Å². The average Bonchev–Trinajstić information content (AvgIpc) is 3.42. The van der Waals surface area contributed by atoms with Crippen molar-refractivity contribution < 1.29 is 51.3 Å². The quantitative estimate of drug-likeness (QED) is 0.149. The topological polar surface area (TPSA) is 125 Å². The first-order valence-electron chi connectivity index (χ1n) is 20.8. The molecule has 0 amide bonds. The number of carbonyl (C=O) groups is 3. The van der Waals surface area contributed by atoms with Gasteiger partial charge in [-0.25, -0.2) is 0 Å². The fourth-order valence-electron chi connectivity index (χ4n) is 10.5. The molecule has 3 aliphatic carbocycles. The molecule has 14 heteroatoms. The zero-order valence-electron chi connectivity index (χ0n) is 36.9. The van der Waals surface area contributed by atoms with Crippen molar-refractivity contribution in [3.63, 3.8) is 0 Å². The number of fused-ring (bicyclic) bond motifs is 5. The number of ketones is 1. The van der Waals surface area contributed by atoms with E-state index < -0.39 is 95.2 Å². The molecule has 0 radical (unpaired) electrons. The van der Waals surface area contributed by atoms with Crippen molar-refractivity contribution >= 4 is 42.7 Å². The van der Waals surface area contributed by atoms with E-state index in [2.05, 4.69) is 60.1 Å². The van der Waals surface area contributed by atoms with Gasteiger partial charge in [0, 0.05) is 37.2 Å². The van der Waals surface area contributed by atoms with Crippen molar-refractivity contribution in [2.75, 3.05) is 6.61 Å². The molecule has 11 nitrogen and oxygen atoms in total. The van der Waals surface area contributed by atoms with Crippen LogP contribution < -0.4 is 0 Å². The van der Waals surface area contributed by atoms with Crippen LogP contribution in [0.4, 0.5) is 0 Å². The Bertz CT molecular complexity index is 1820. The molecule has 0 N–H and O–H groups in total. The number of allylic oxidation sites excluding steroid dienone is 1. The Balaban J connectivity index is 1.79. The molecule has 4 fully saturated rings. The molecule has 57 heavy (non-hydrogen) atoms. The summed E-state index contributed by atoms with van der Waals surface area (Å²) in [5.41, 5.74) is -3.45. The Morgan fingerprint density at radius 1 is 0.895 bits per heavy atom. The van der Waals surface area contributed by atoms with Gasteiger partial charge < -0.3 is 37.0 Å². The molecule has 1 aromatic rings. The maximum atomic E-state index is 16.3. The van der Waals surface area contributed by atoms with Gasteiger partial charge in [-0.2, -0.15) is 0 Å². The molecule has 2 aliphatic heterocycles. The Labute approximate surface area is 342 Å². The summed E-state index contributed by atoms with van der Waals surface area (Å²) in [6, 6.07) is 12.1. The summed E-state index contributed by atoms with van der Waals surface area (Å²) < 4.78 is 56.1. The molecule has 0 aromatic heterocycles. The Morgan fingerprint density at radius 3 is 2.00 bits per heavy atom. The average molecular weight is 843 g/mol. The van der Waals surface area contributed by atoms with Crippen LogP contribution in [0, 0.1) is 16.7 Å². The minimum atomic E-state index is -2.53. The van der Waals surface area contributed by atoms with E-state index in [1.165, 1.54) is 13.8 Å². The van der Waals surface area contributed by atoms with Crippen LogP contribution in [0.15, 0.2) is 53.3 Å². The standard InChI is InChI=1S/C43H66O11Si3/c1-16-57(17-2,18-3)52-32-24-33-41(26-47-33,49-29(6)45)36-38-42(53-43(50-38,54-56(13,14)15)30-22-20-19-21-23-30)25-31(51-55(10,11)12)27(4)34(39(42,7)8)35(48-28(5)44)37(46)40(32,36)9/h19-23,25,32-33,35-36,38H,16-18,24,26H2,1-15H3/t32-,33+,35+,36-,38-,40+,41-,42+,43+/m0/s1. The van der Waals surface area contributed by atoms with E-state index in [1.807, 2.05) is 64.1 Å². The number of rotatable bonds is 12. The molecular weight excluding hydrogens is 777 g/mol. The van der Waals surface area contributed by atoms with Gasteiger partial charge in [0.1, 0.15) is 23.6 Å². The van der Waals surface area contributed by atoms with Crippen molar-refractivity contribution in [3.8, 4) is 0 Å². The number of esters is 2. The summed E-state index contributed by atoms with van der Waals surface area (Å²) in [7, 11) is -7.30. The van der Waals surface area contributed by atoms with Gasteiger partial charge in [-0.15, -0.1) is 0 Å². The molecule has 1 spiro atoms. The Kier molecular flexibility index (Phi) is 11.3. The van der Waals surface area contributed by atoms with Gasteiger partial charge in [0.05, 0.1) is 18.1 Å². The predicted octanol–water partition coefficient (Wildman–Crippen LogP) is 8.53. The molecule has 1 aromatic carbocycles. The van der Waals surface area contributed by atoms with Crippen molar-refractivity contribution in [2.45, 2.75) is 168 Å². The molecular formula is C43H66O11Si3. The van der Waals surface area contributed by atoms with E-state index in [9.17, 15) is 9.59 Å². The number of hydrogen-bond donors (Lipinski definition) is 0. The summed E-state index contributed by atoms with van der Waals surface area (Å²) >= 11 is 0. The van der Waals surface area contributed by atoms with Crippen molar-refractivity contribution in [1.29, 1.82) is 0 Å². The SMILES string of the molecule is CC[Si](CC)(CC)O[C@H]1C[C@H]2OC[C@@]2(OC(C)=O)[C@H]2[C@@H]3O[C@](O[Si](C)(C)C)(c4ccccc4)O[C@]34C=C(O[Si](C)(C)C)C(C)=C([C@@H](OC(C)=O)C(=O)[C@]12C)C4(C)C. The van der Waals surface area contributed by atoms with Crippen LogP contribution in [-0.2, 0) is 57.3 Å². The Morgan fingerprint density at radius 2 is 1.51 bits per heavy atom. The van der Waals surface area contributed by atoms with E-state index in [1.54, 1.807) is 0 Å². The van der Waals surface area contributed by atoms with Crippen LogP contribution in [0.3, 0.4) is 0 Å². The third-order valence-electron chi connectivity index (χ3n) is 13.4. The highest BCUT2D eigenvalue weighted by Gasteiger charge is 2.81. The van der Waals surface area contributed by atoms with Crippen LogP contribution in [0.2, 0.25) is 57.4 Å². The van der Waals surface area contributed by atoms with Gasteiger partial charge in [0.2, 0.25) is 8.32 Å². The van der Waals surface area contributed by atoms with Crippen LogP contribution in [0.1, 0.15) is 74.3 Å².